The van der Waals surface area contributed by atoms with E-state index in [1.54, 1.807) is 12.1 Å². The van der Waals surface area contributed by atoms with Crippen molar-refractivity contribution in [3.05, 3.63) is 72.8 Å². The average molecular weight is 363 g/mol. The molecule has 3 aromatic rings. The molecular formula is C20H18BNO5. The quantitative estimate of drug-likeness (QED) is 0.395. The zero-order valence-corrected chi connectivity index (χ0v) is 14.4. The van der Waals surface area contributed by atoms with Gasteiger partial charge in [-0.1, -0.05) is 48.5 Å². The molecule has 27 heavy (non-hydrogen) atoms. The fraction of sp³-hybridized carbons (Fsp3) is 0.0500. The van der Waals surface area contributed by atoms with Crippen molar-refractivity contribution < 1.29 is 24.7 Å². The van der Waals surface area contributed by atoms with Crippen molar-refractivity contribution in [2.75, 3.05) is 11.9 Å². The highest BCUT2D eigenvalue weighted by molar-refractivity contribution is 6.58. The molecule has 0 heterocycles. The molecule has 0 aromatic heterocycles. The third kappa shape index (κ3) is 4.87. The highest BCUT2D eigenvalue weighted by atomic mass is 16.5. The molecule has 0 atom stereocenters. The van der Waals surface area contributed by atoms with E-state index in [0.717, 1.165) is 11.1 Å². The number of aromatic hydroxyl groups is 1. The Labute approximate surface area is 156 Å². The zero-order chi connectivity index (χ0) is 19.2. The summed E-state index contributed by atoms with van der Waals surface area (Å²) in [4.78, 5) is 12.0. The van der Waals surface area contributed by atoms with E-state index in [1.165, 1.54) is 18.2 Å². The lowest BCUT2D eigenvalue weighted by molar-refractivity contribution is -0.118. The number of phenolic OH excluding ortho intramolecular Hbond substituents is 1. The fourth-order valence-corrected chi connectivity index (χ4v) is 2.52. The number of rotatable bonds is 6. The molecule has 136 valence electrons. The average Bonchev–Trinajstić information content (AvgIpc) is 2.69. The van der Waals surface area contributed by atoms with Gasteiger partial charge in [-0.2, -0.15) is 0 Å². The zero-order valence-electron chi connectivity index (χ0n) is 14.4. The Morgan fingerprint density at radius 2 is 1.59 bits per heavy atom. The van der Waals surface area contributed by atoms with E-state index in [0.29, 0.717) is 5.75 Å². The lowest BCUT2D eigenvalue weighted by Crippen LogP contribution is -2.30. The van der Waals surface area contributed by atoms with Crippen LogP contribution in [0.4, 0.5) is 5.69 Å². The van der Waals surface area contributed by atoms with Crippen molar-refractivity contribution >= 4 is 24.2 Å². The molecule has 0 aliphatic carbocycles. The minimum absolute atomic E-state index is 0.0774. The van der Waals surface area contributed by atoms with Crippen molar-refractivity contribution in [3.63, 3.8) is 0 Å². The highest BCUT2D eigenvalue weighted by Crippen LogP contribution is 2.23. The molecule has 0 saturated heterocycles. The van der Waals surface area contributed by atoms with E-state index in [1.807, 2.05) is 42.5 Å². The third-order valence-corrected chi connectivity index (χ3v) is 3.92. The molecular weight excluding hydrogens is 345 g/mol. The number of hydrogen-bond acceptors (Lipinski definition) is 5. The van der Waals surface area contributed by atoms with Gasteiger partial charge in [0.05, 0.1) is 5.69 Å². The Balaban J connectivity index is 1.59. The van der Waals surface area contributed by atoms with Crippen LogP contribution in [-0.2, 0) is 4.79 Å². The highest BCUT2D eigenvalue weighted by Gasteiger charge is 2.15. The number of phenols is 1. The second kappa shape index (κ2) is 8.40. The SMILES string of the molecule is O=C(COc1ccc(-c2ccccc2)cc1)Nc1cc(B(O)O)ccc1O. The van der Waals surface area contributed by atoms with Crippen LogP contribution in [-0.4, -0.2) is 34.8 Å². The first kappa shape index (κ1) is 18.5. The number of ether oxygens (including phenoxy) is 1. The molecule has 6 nitrogen and oxygen atoms in total. The van der Waals surface area contributed by atoms with Gasteiger partial charge in [0, 0.05) is 0 Å². The van der Waals surface area contributed by atoms with Crippen molar-refractivity contribution in [1.82, 2.24) is 0 Å². The van der Waals surface area contributed by atoms with Gasteiger partial charge in [-0.15, -0.1) is 0 Å². The summed E-state index contributed by atoms with van der Waals surface area (Å²) in [6.07, 6.45) is 0. The van der Waals surface area contributed by atoms with Crippen LogP contribution in [0.2, 0.25) is 0 Å². The van der Waals surface area contributed by atoms with E-state index >= 15 is 0 Å². The molecule has 0 saturated carbocycles. The molecule has 1 amide bonds. The first-order valence-corrected chi connectivity index (χ1v) is 8.30. The van der Waals surface area contributed by atoms with Crippen molar-refractivity contribution in [1.29, 1.82) is 0 Å². The summed E-state index contributed by atoms with van der Waals surface area (Å²) < 4.78 is 5.46. The number of benzene rings is 3. The number of amides is 1. The lowest BCUT2D eigenvalue weighted by atomic mass is 9.80. The van der Waals surface area contributed by atoms with Crippen LogP contribution in [0.25, 0.3) is 11.1 Å². The minimum Gasteiger partial charge on any atom is -0.506 e. The summed E-state index contributed by atoms with van der Waals surface area (Å²) in [7, 11) is -1.69. The molecule has 3 aromatic carbocycles. The summed E-state index contributed by atoms with van der Waals surface area (Å²) in [5.41, 5.74) is 2.36. The maximum atomic E-state index is 12.0. The Kier molecular flexibility index (Phi) is 5.75. The maximum Gasteiger partial charge on any atom is 0.488 e. The van der Waals surface area contributed by atoms with Gasteiger partial charge in [-0.05, 0) is 40.9 Å². The molecule has 4 N–H and O–H groups in total. The smallest absolute Gasteiger partial charge is 0.488 e. The van der Waals surface area contributed by atoms with Crippen LogP contribution < -0.4 is 15.5 Å². The topological polar surface area (TPSA) is 99.0 Å². The van der Waals surface area contributed by atoms with Crippen LogP contribution in [0.1, 0.15) is 0 Å². The molecule has 0 radical (unpaired) electrons. The van der Waals surface area contributed by atoms with Gasteiger partial charge in [0.2, 0.25) is 0 Å². The molecule has 0 fully saturated rings. The molecule has 0 spiro atoms. The summed E-state index contributed by atoms with van der Waals surface area (Å²) in [5.74, 6) is -0.129. The summed E-state index contributed by atoms with van der Waals surface area (Å²) >= 11 is 0. The van der Waals surface area contributed by atoms with E-state index in [-0.39, 0.29) is 23.5 Å². The van der Waals surface area contributed by atoms with Crippen molar-refractivity contribution in [3.8, 4) is 22.6 Å². The Morgan fingerprint density at radius 1 is 0.926 bits per heavy atom. The first-order chi connectivity index (χ1) is 13.0. The second-order valence-electron chi connectivity index (χ2n) is 5.88. The monoisotopic (exact) mass is 363 g/mol. The molecule has 0 aliphatic rings. The summed E-state index contributed by atoms with van der Waals surface area (Å²) in [5, 5.41) is 30.6. The predicted octanol–water partition coefficient (Wildman–Crippen LogP) is 1.76. The van der Waals surface area contributed by atoms with E-state index < -0.39 is 13.0 Å². The van der Waals surface area contributed by atoms with Gasteiger partial charge in [0.1, 0.15) is 11.5 Å². The standard InChI is InChI=1S/C20H18BNO5/c23-19-11-8-16(21(25)26)12-18(19)22-20(24)13-27-17-9-6-15(7-10-17)14-4-2-1-3-5-14/h1-12,23,25-26H,13H2,(H,22,24). The predicted molar refractivity (Wildman–Crippen MR) is 104 cm³/mol. The lowest BCUT2D eigenvalue weighted by Gasteiger charge is -2.11. The maximum absolute atomic E-state index is 12.0. The van der Waals surface area contributed by atoms with Crippen LogP contribution in [0.15, 0.2) is 72.8 Å². The number of hydrogen-bond donors (Lipinski definition) is 4. The summed E-state index contributed by atoms with van der Waals surface area (Å²) in [6, 6.07) is 21.1. The third-order valence-electron chi connectivity index (χ3n) is 3.92. The van der Waals surface area contributed by atoms with E-state index in [9.17, 15) is 9.90 Å². The first-order valence-electron chi connectivity index (χ1n) is 8.30. The van der Waals surface area contributed by atoms with Gasteiger partial charge < -0.3 is 25.2 Å². The fourth-order valence-electron chi connectivity index (χ4n) is 2.52. The van der Waals surface area contributed by atoms with Crippen LogP contribution >= 0.6 is 0 Å². The second-order valence-corrected chi connectivity index (χ2v) is 5.88. The largest absolute Gasteiger partial charge is 0.506 e. The molecule has 3 rings (SSSR count). The van der Waals surface area contributed by atoms with E-state index in [2.05, 4.69) is 5.32 Å². The van der Waals surface area contributed by atoms with Crippen molar-refractivity contribution in [2.45, 2.75) is 0 Å². The molecule has 0 bridgehead atoms. The van der Waals surface area contributed by atoms with Gasteiger partial charge in [-0.3, -0.25) is 4.79 Å². The minimum atomic E-state index is -1.69. The molecule has 0 aliphatic heterocycles. The van der Waals surface area contributed by atoms with Gasteiger partial charge in [-0.25, -0.2) is 0 Å². The molecule has 7 heteroatoms. The van der Waals surface area contributed by atoms with Gasteiger partial charge >= 0.3 is 7.12 Å². The number of carbonyl (C=O) groups excluding carboxylic acids is 1. The summed E-state index contributed by atoms with van der Waals surface area (Å²) in [6.45, 7) is -0.254. The number of carbonyl (C=O) groups is 1. The Bertz CT molecular complexity index is 913. The van der Waals surface area contributed by atoms with Crippen LogP contribution in [0, 0.1) is 0 Å². The molecule has 0 unspecified atom stereocenters. The Hall–Kier alpha value is -3.29. The van der Waals surface area contributed by atoms with Gasteiger partial charge in [0.25, 0.3) is 5.91 Å². The normalized spacial score (nSPS) is 10.3. The van der Waals surface area contributed by atoms with E-state index in [4.69, 9.17) is 14.8 Å². The number of anilines is 1. The van der Waals surface area contributed by atoms with Gasteiger partial charge in [0.15, 0.2) is 6.61 Å². The van der Waals surface area contributed by atoms with Crippen LogP contribution in [0.5, 0.6) is 11.5 Å². The Morgan fingerprint density at radius 3 is 2.26 bits per heavy atom. The van der Waals surface area contributed by atoms with Crippen LogP contribution in [0.3, 0.4) is 0 Å². The number of nitrogens with one attached hydrogen (secondary N) is 1. The van der Waals surface area contributed by atoms with Crippen molar-refractivity contribution in [2.24, 2.45) is 0 Å².